The molecule has 0 heterocycles. The minimum atomic E-state index is -6.96. The van der Waals surface area contributed by atoms with Crippen LogP contribution in [0.25, 0.3) is 0 Å². The number of unbranched alkanes of at least 4 members (excludes halogenated alkanes) is 2. The van der Waals surface area contributed by atoms with E-state index in [1.54, 1.807) is 0 Å². The Morgan fingerprint density at radius 2 is 1.13 bits per heavy atom. The van der Waals surface area contributed by atoms with Crippen LogP contribution in [0, 0.1) is 0 Å². The number of nitrogens with one attached hydrogen (secondary N) is 2. The Morgan fingerprint density at radius 1 is 0.733 bits per heavy atom. The first kappa shape index (κ1) is 28.2. The zero-order valence-electron chi connectivity index (χ0n) is 15.7. The lowest BCUT2D eigenvalue weighted by atomic mass is 10.1. The van der Waals surface area contributed by atoms with Crippen LogP contribution in [-0.2, 0) is 14.3 Å². The average molecular weight is 466 g/mol. The molecule has 0 saturated carbocycles. The monoisotopic (exact) mass is 466 g/mol. The van der Waals surface area contributed by atoms with Crippen molar-refractivity contribution in [2.45, 2.75) is 69.5 Å². The van der Waals surface area contributed by atoms with E-state index in [4.69, 9.17) is 0 Å². The Balaban J connectivity index is 5.86. The highest BCUT2D eigenvalue weighted by atomic mass is 19.4. The minimum absolute atomic E-state index is 0.0140. The Kier molecular flexibility index (Phi) is 9.40. The van der Waals surface area contributed by atoms with Gasteiger partial charge in [-0.15, -0.1) is 0 Å². The van der Waals surface area contributed by atoms with Gasteiger partial charge in [-0.2, -0.15) is 43.9 Å². The van der Waals surface area contributed by atoms with Crippen LogP contribution in [0.2, 0.25) is 0 Å². The molecule has 0 unspecified atom stereocenters. The van der Waals surface area contributed by atoms with Gasteiger partial charge in [-0.05, 0) is 12.8 Å². The van der Waals surface area contributed by atoms with Crippen LogP contribution in [0.1, 0.15) is 39.5 Å². The van der Waals surface area contributed by atoms with E-state index in [1.807, 2.05) is 0 Å². The van der Waals surface area contributed by atoms with Gasteiger partial charge >= 0.3 is 30.0 Å². The van der Waals surface area contributed by atoms with Crippen LogP contribution >= 0.6 is 0 Å². The lowest BCUT2D eigenvalue weighted by Crippen LogP contribution is -2.66. The number of carbonyl (C=O) groups excluding carboxylic acids is 2. The third-order valence-electron chi connectivity index (χ3n) is 3.60. The molecule has 0 aromatic heterocycles. The van der Waals surface area contributed by atoms with E-state index in [1.165, 1.54) is 24.5 Å². The fourth-order valence-corrected chi connectivity index (χ4v) is 1.78. The van der Waals surface area contributed by atoms with Gasteiger partial charge in [0, 0.05) is 13.1 Å². The summed E-state index contributed by atoms with van der Waals surface area (Å²) in [7, 11) is 0. The van der Waals surface area contributed by atoms with Crippen LogP contribution in [0.3, 0.4) is 0 Å². The van der Waals surface area contributed by atoms with Crippen molar-refractivity contribution in [2.24, 2.45) is 0 Å². The Bertz CT molecular complexity index is 598. The summed E-state index contributed by atoms with van der Waals surface area (Å²) in [6.07, 6.45) is -13.1. The molecule has 0 rings (SSSR count). The van der Waals surface area contributed by atoms with Crippen molar-refractivity contribution in [1.82, 2.24) is 10.6 Å². The van der Waals surface area contributed by atoms with Gasteiger partial charge in [0.05, 0.1) is 0 Å². The lowest BCUT2D eigenvalue weighted by molar-refractivity contribution is -0.455. The maximum absolute atomic E-state index is 14.1. The Labute approximate surface area is 164 Å². The first-order chi connectivity index (χ1) is 13.4. The van der Waals surface area contributed by atoms with E-state index in [9.17, 15) is 53.5 Å². The molecule has 30 heavy (non-hydrogen) atoms. The lowest BCUT2D eigenvalue weighted by Gasteiger charge is -2.35. The summed E-state index contributed by atoms with van der Waals surface area (Å²) in [4.78, 5) is 22.6. The number of carbonyl (C=O) groups is 2. The molecular weight excluding hydrogens is 446 g/mol. The second-order valence-electron chi connectivity index (χ2n) is 6.08. The molecule has 2 amide bonds. The number of halogens is 10. The van der Waals surface area contributed by atoms with Crippen molar-refractivity contribution in [3.63, 3.8) is 0 Å². The van der Waals surface area contributed by atoms with Gasteiger partial charge in [0.15, 0.2) is 0 Å². The van der Waals surface area contributed by atoms with E-state index in [0.717, 1.165) is 0 Å². The molecule has 2 N–H and O–H groups in total. The second-order valence-corrected chi connectivity index (χ2v) is 6.08. The van der Waals surface area contributed by atoms with E-state index >= 15 is 0 Å². The number of rotatable bonds is 12. The van der Waals surface area contributed by atoms with Gasteiger partial charge < -0.3 is 10.6 Å². The minimum Gasteiger partial charge on any atom is -0.351 e. The predicted octanol–water partition coefficient (Wildman–Crippen LogP) is 3.93. The molecule has 0 saturated heterocycles. The van der Waals surface area contributed by atoms with Crippen LogP contribution in [-0.4, -0.2) is 54.9 Å². The molecule has 178 valence electrons. The first-order valence-electron chi connectivity index (χ1n) is 8.58. The quantitative estimate of drug-likeness (QED) is 0.339. The standard InChI is InChI=1S/C15H20F10N2O3/c1-3-5-7-26-9(28)11(16,17)13(19,20)15(24,25)30-12(18,14(21,22)23)10(29)27-8-6-4-2/h3-8H2,1-2H3,(H,26,28)(H,27,29)/t12-/m1/s1. The van der Waals surface area contributed by atoms with Crippen molar-refractivity contribution >= 4 is 11.8 Å². The summed E-state index contributed by atoms with van der Waals surface area (Å²) in [5.41, 5.74) is 0. The van der Waals surface area contributed by atoms with Crippen molar-refractivity contribution in [3.05, 3.63) is 0 Å². The van der Waals surface area contributed by atoms with Crippen LogP contribution < -0.4 is 10.6 Å². The van der Waals surface area contributed by atoms with E-state index in [-0.39, 0.29) is 25.7 Å². The largest absolute Gasteiger partial charge is 0.458 e. The van der Waals surface area contributed by atoms with Gasteiger partial charge in [0.1, 0.15) is 0 Å². The molecule has 0 aliphatic heterocycles. The predicted molar refractivity (Wildman–Crippen MR) is 81.7 cm³/mol. The third kappa shape index (κ3) is 5.88. The molecule has 0 aromatic carbocycles. The smallest absolute Gasteiger partial charge is 0.351 e. The van der Waals surface area contributed by atoms with E-state index < -0.39 is 54.9 Å². The SMILES string of the molecule is CCCCNC(=O)C(F)(F)C(F)(F)C(F)(F)O[C@](F)(C(=O)NCCCC)C(F)(F)F. The number of amides is 2. The first-order valence-corrected chi connectivity index (χ1v) is 8.58. The highest BCUT2D eigenvalue weighted by molar-refractivity contribution is 5.85. The molecular formula is C15H20F10N2O3. The number of hydrogen-bond donors (Lipinski definition) is 2. The summed E-state index contributed by atoms with van der Waals surface area (Å²) in [5.74, 6) is -25.3. The fourth-order valence-electron chi connectivity index (χ4n) is 1.78. The summed E-state index contributed by atoms with van der Waals surface area (Å²) in [5, 5.41) is 2.40. The maximum Gasteiger partial charge on any atom is 0.458 e. The molecule has 1 atom stereocenters. The maximum atomic E-state index is 14.1. The number of ether oxygens (including phenoxy) is 1. The highest BCUT2D eigenvalue weighted by Gasteiger charge is 2.80. The Hall–Kier alpha value is -1.80. The van der Waals surface area contributed by atoms with E-state index in [0.29, 0.717) is 0 Å². The molecule has 0 aliphatic carbocycles. The van der Waals surface area contributed by atoms with Gasteiger partial charge in [-0.1, -0.05) is 26.7 Å². The third-order valence-corrected chi connectivity index (χ3v) is 3.60. The van der Waals surface area contributed by atoms with Crippen LogP contribution in [0.15, 0.2) is 0 Å². The average Bonchev–Trinajstić information content (AvgIpc) is 2.60. The molecule has 0 aliphatic rings. The van der Waals surface area contributed by atoms with Crippen molar-refractivity contribution in [3.8, 4) is 0 Å². The number of hydrogen-bond acceptors (Lipinski definition) is 3. The molecule has 15 heteroatoms. The van der Waals surface area contributed by atoms with Gasteiger partial charge in [-0.25, -0.2) is 0 Å². The van der Waals surface area contributed by atoms with E-state index in [2.05, 4.69) is 4.74 Å². The zero-order valence-corrected chi connectivity index (χ0v) is 15.7. The second kappa shape index (κ2) is 10.0. The summed E-state index contributed by atoms with van der Waals surface area (Å²) < 4.78 is 137. The molecule has 5 nitrogen and oxygen atoms in total. The fraction of sp³-hybridized carbons (Fsp3) is 0.867. The molecule has 0 spiro atoms. The van der Waals surface area contributed by atoms with Crippen LogP contribution in [0.4, 0.5) is 43.9 Å². The summed E-state index contributed by atoms with van der Waals surface area (Å²) >= 11 is 0. The van der Waals surface area contributed by atoms with Gasteiger partial charge in [0.25, 0.3) is 11.8 Å². The van der Waals surface area contributed by atoms with Gasteiger partial charge in [-0.3, -0.25) is 14.3 Å². The molecule has 0 fully saturated rings. The normalized spacial score (nSPS) is 15.5. The van der Waals surface area contributed by atoms with Crippen LogP contribution in [0.5, 0.6) is 0 Å². The zero-order chi connectivity index (χ0) is 24.0. The topological polar surface area (TPSA) is 67.4 Å². The van der Waals surface area contributed by atoms with Crippen molar-refractivity contribution in [1.29, 1.82) is 0 Å². The Morgan fingerprint density at radius 3 is 1.50 bits per heavy atom. The molecule has 0 bridgehead atoms. The van der Waals surface area contributed by atoms with Crippen molar-refractivity contribution in [2.75, 3.05) is 13.1 Å². The number of alkyl halides is 10. The van der Waals surface area contributed by atoms with Gasteiger partial charge in [0.2, 0.25) is 0 Å². The molecule has 0 radical (unpaired) electrons. The highest BCUT2D eigenvalue weighted by Crippen LogP contribution is 2.50. The summed E-state index contributed by atoms with van der Waals surface area (Å²) in [6.45, 7) is 1.67. The molecule has 0 aromatic rings. The summed E-state index contributed by atoms with van der Waals surface area (Å²) in [6, 6.07) is 0. The van der Waals surface area contributed by atoms with Crippen molar-refractivity contribution < 1.29 is 58.2 Å².